The largest absolute Gasteiger partial charge is 0.345 e. The van der Waals surface area contributed by atoms with Gasteiger partial charge in [0.2, 0.25) is 0 Å². The molecule has 2 heterocycles. The third-order valence-electron chi connectivity index (χ3n) is 3.33. The Labute approximate surface area is 123 Å². The van der Waals surface area contributed by atoms with E-state index in [1.54, 1.807) is 6.33 Å². The summed E-state index contributed by atoms with van der Waals surface area (Å²) in [6, 6.07) is 12.4. The number of imidazole rings is 2. The van der Waals surface area contributed by atoms with Crippen LogP contribution in [0.3, 0.4) is 0 Å². The third kappa shape index (κ3) is 2.94. The number of hydrogen-bond acceptors (Lipinski definition) is 2. The second-order valence-electron chi connectivity index (χ2n) is 5.27. The maximum atomic E-state index is 4.30. The lowest BCUT2D eigenvalue weighted by Gasteiger charge is -1.89. The predicted octanol–water partition coefficient (Wildman–Crippen LogP) is 4.05. The van der Waals surface area contributed by atoms with Crippen molar-refractivity contribution >= 4 is 22.1 Å². The van der Waals surface area contributed by atoms with E-state index in [4.69, 9.17) is 0 Å². The summed E-state index contributed by atoms with van der Waals surface area (Å²) in [7, 11) is 0. The highest BCUT2D eigenvalue weighted by atomic mass is 14.9. The van der Waals surface area contributed by atoms with Crippen molar-refractivity contribution in [3.05, 3.63) is 59.7 Å². The maximum Gasteiger partial charge on any atom is 0.104 e. The fourth-order valence-corrected chi connectivity index (χ4v) is 2.30. The molecule has 0 aliphatic carbocycles. The van der Waals surface area contributed by atoms with E-state index in [2.05, 4.69) is 58.0 Å². The molecule has 0 unspecified atom stereocenters. The van der Waals surface area contributed by atoms with Gasteiger partial charge in [0.15, 0.2) is 0 Å². The summed E-state index contributed by atoms with van der Waals surface area (Å²) in [6.07, 6.45) is 1.71. The third-order valence-corrected chi connectivity index (χ3v) is 3.33. The molecule has 2 N–H and O–H groups in total. The van der Waals surface area contributed by atoms with E-state index in [1.165, 1.54) is 11.1 Å². The molecule has 2 aromatic carbocycles. The van der Waals surface area contributed by atoms with Crippen LogP contribution in [0.1, 0.15) is 17.0 Å². The van der Waals surface area contributed by atoms with Crippen molar-refractivity contribution in [1.29, 1.82) is 0 Å². The molecule has 0 bridgehead atoms. The minimum Gasteiger partial charge on any atom is -0.345 e. The zero-order valence-electron chi connectivity index (χ0n) is 12.4. The second-order valence-corrected chi connectivity index (χ2v) is 5.27. The molecule has 21 heavy (non-hydrogen) atoms. The molecule has 2 aromatic heterocycles. The summed E-state index contributed by atoms with van der Waals surface area (Å²) >= 11 is 0. The highest BCUT2D eigenvalue weighted by molar-refractivity contribution is 5.76. The van der Waals surface area contributed by atoms with Gasteiger partial charge in [-0.15, -0.1) is 0 Å². The van der Waals surface area contributed by atoms with E-state index in [1.807, 2.05) is 19.1 Å². The van der Waals surface area contributed by atoms with Crippen LogP contribution in [-0.2, 0) is 0 Å². The van der Waals surface area contributed by atoms with E-state index in [0.717, 1.165) is 27.9 Å². The topological polar surface area (TPSA) is 57.4 Å². The van der Waals surface area contributed by atoms with Gasteiger partial charge in [-0.05, 0) is 56.2 Å². The summed E-state index contributed by atoms with van der Waals surface area (Å²) in [5.41, 5.74) is 6.85. The lowest BCUT2D eigenvalue weighted by molar-refractivity contribution is 1.17. The summed E-state index contributed by atoms with van der Waals surface area (Å²) < 4.78 is 0. The molecule has 4 rings (SSSR count). The maximum absolute atomic E-state index is 4.30. The molecule has 0 radical (unpaired) electrons. The molecule has 0 aliphatic rings. The van der Waals surface area contributed by atoms with Crippen LogP contribution in [0.5, 0.6) is 0 Å². The van der Waals surface area contributed by atoms with Crippen molar-refractivity contribution in [3.8, 4) is 0 Å². The predicted molar refractivity (Wildman–Crippen MR) is 86.4 cm³/mol. The number of nitrogens with one attached hydrogen (secondary N) is 2. The molecular weight excluding hydrogens is 260 g/mol. The lowest BCUT2D eigenvalue weighted by Crippen LogP contribution is -1.71. The Hall–Kier alpha value is -2.62. The Morgan fingerprint density at radius 3 is 2.24 bits per heavy atom. The normalized spacial score (nSPS) is 10.6. The van der Waals surface area contributed by atoms with Crippen molar-refractivity contribution < 1.29 is 0 Å². The zero-order chi connectivity index (χ0) is 14.8. The van der Waals surface area contributed by atoms with E-state index < -0.39 is 0 Å². The van der Waals surface area contributed by atoms with Crippen molar-refractivity contribution in [2.24, 2.45) is 0 Å². The highest BCUT2D eigenvalue weighted by Crippen LogP contribution is 2.12. The standard InChI is InChI=1S/C9H10N2.C8H8N2/c1-6-3-4-8-9(5-6)11-7(2)10-8;1-6-2-3-7-8(4-6)10-5-9-7/h3-5H,1-2H3,(H,10,11);2-5H,1H3,(H,9,10). The van der Waals surface area contributed by atoms with Gasteiger partial charge >= 0.3 is 0 Å². The number of aromatic nitrogens is 4. The summed E-state index contributed by atoms with van der Waals surface area (Å²) in [5.74, 6) is 0.977. The van der Waals surface area contributed by atoms with Crippen LogP contribution in [0.4, 0.5) is 0 Å². The second kappa shape index (κ2) is 5.40. The number of nitrogens with zero attached hydrogens (tertiary/aromatic N) is 2. The summed E-state index contributed by atoms with van der Waals surface area (Å²) in [4.78, 5) is 14.6. The molecular formula is C17H18N4. The minimum atomic E-state index is 0.977. The van der Waals surface area contributed by atoms with E-state index in [-0.39, 0.29) is 0 Å². The van der Waals surface area contributed by atoms with Gasteiger partial charge in [0, 0.05) is 0 Å². The number of H-pyrrole nitrogens is 2. The first kappa shape index (κ1) is 13.4. The molecule has 0 spiro atoms. The van der Waals surface area contributed by atoms with Gasteiger partial charge in [0.25, 0.3) is 0 Å². The minimum absolute atomic E-state index is 0.977. The SMILES string of the molecule is Cc1ccc2nc(C)[nH]c2c1.Cc1ccc2nc[nH]c2c1. The molecule has 4 aromatic rings. The van der Waals surface area contributed by atoms with E-state index in [9.17, 15) is 0 Å². The van der Waals surface area contributed by atoms with Gasteiger partial charge in [-0.25, -0.2) is 9.97 Å². The number of aromatic amines is 2. The van der Waals surface area contributed by atoms with Crippen LogP contribution >= 0.6 is 0 Å². The van der Waals surface area contributed by atoms with Crippen molar-refractivity contribution in [1.82, 2.24) is 19.9 Å². The Morgan fingerprint density at radius 1 is 0.810 bits per heavy atom. The lowest BCUT2D eigenvalue weighted by atomic mass is 10.2. The average Bonchev–Trinajstić information content (AvgIpc) is 3.03. The molecule has 0 saturated carbocycles. The monoisotopic (exact) mass is 278 g/mol. The molecule has 0 atom stereocenters. The van der Waals surface area contributed by atoms with E-state index in [0.29, 0.717) is 0 Å². The van der Waals surface area contributed by atoms with Gasteiger partial charge in [-0.3, -0.25) is 0 Å². The van der Waals surface area contributed by atoms with Crippen LogP contribution < -0.4 is 0 Å². The quantitative estimate of drug-likeness (QED) is 0.510. The summed E-state index contributed by atoms with van der Waals surface area (Å²) in [6.45, 7) is 6.12. The molecule has 106 valence electrons. The van der Waals surface area contributed by atoms with Crippen LogP contribution in [-0.4, -0.2) is 19.9 Å². The fraction of sp³-hybridized carbons (Fsp3) is 0.176. The number of hydrogen-bond donors (Lipinski definition) is 2. The molecule has 4 nitrogen and oxygen atoms in total. The molecule has 0 fully saturated rings. The van der Waals surface area contributed by atoms with Crippen LogP contribution in [0.15, 0.2) is 42.7 Å². The van der Waals surface area contributed by atoms with Crippen LogP contribution in [0, 0.1) is 20.8 Å². The van der Waals surface area contributed by atoms with Gasteiger partial charge < -0.3 is 9.97 Å². The number of fused-ring (bicyclic) bond motifs is 2. The van der Waals surface area contributed by atoms with Gasteiger partial charge in [-0.1, -0.05) is 12.1 Å². The number of benzene rings is 2. The Balaban J connectivity index is 0.000000126. The van der Waals surface area contributed by atoms with Crippen molar-refractivity contribution in [3.63, 3.8) is 0 Å². The van der Waals surface area contributed by atoms with Gasteiger partial charge in [0.1, 0.15) is 5.82 Å². The highest BCUT2D eigenvalue weighted by Gasteiger charge is 1.96. The van der Waals surface area contributed by atoms with Crippen molar-refractivity contribution in [2.75, 3.05) is 0 Å². The van der Waals surface area contributed by atoms with E-state index >= 15 is 0 Å². The smallest absolute Gasteiger partial charge is 0.104 e. The Morgan fingerprint density at radius 2 is 1.48 bits per heavy atom. The molecule has 0 amide bonds. The Bertz CT molecular complexity index is 886. The summed E-state index contributed by atoms with van der Waals surface area (Å²) in [5, 5.41) is 0. The van der Waals surface area contributed by atoms with Gasteiger partial charge in [-0.2, -0.15) is 0 Å². The first-order valence-corrected chi connectivity index (χ1v) is 6.94. The molecule has 0 saturated heterocycles. The van der Waals surface area contributed by atoms with Crippen LogP contribution in [0.2, 0.25) is 0 Å². The first-order chi connectivity index (χ1) is 10.1. The molecule has 0 aliphatic heterocycles. The zero-order valence-corrected chi connectivity index (χ0v) is 12.4. The number of aryl methyl sites for hydroxylation is 3. The molecule has 4 heteroatoms. The first-order valence-electron chi connectivity index (χ1n) is 6.94. The fourth-order valence-electron chi connectivity index (χ4n) is 2.30. The number of rotatable bonds is 0. The Kier molecular flexibility index (Phi) is 3.44. The van der Waals surface area contributed by atoms with Gasteiger partial charge in [0.05, 0.1) is 28.4 Å². The van der Waals surface area contributed by atoms with Crippen molar-refractivity contribution in [2.45, 2.75) is 20.8 Å². The average molecular weight is 278 g/mol. The van der Waals surface area contributed by atoms with Crippen LogP contribution in [0.25, 0.3) is 22.1 Å².